The van der Waals surface area contributed by atoms with Crippen LogP contribution in [0.15, 0.2) is 53.0 Å². The van der Waals surface area contributed by atoms with Gasteiger partial charge in [-0.3, -0.25) is 4.79 Å². The Hall–Kier alpha value is -2.12. The van der Waals surface area contributed by atoms with Crippen LogP contribution in [0.5, 0.6) is 0 Å². The second kappa shape index (κ2) is 8.51. The second-order valence-corrected chi connectivity index (χ2v) is 7.78. The quantitative estimate of drug-likeness (QED) is 0.570. The normalized spacial score (nSPS) is 12.1. The largest absolute Gasteiger partial charge is 0.342 e. The Balaban J connectivity index is 1.93. The van der Waals surface area contributed by atoms with Crippen molar-refractivity contribution in [2.24, 2.45) is 7.05 Å². The molecule has 0 spiro atoms. The molecule has 0 aliphatic rings. The molecule has 0 fully saturated rings. The minimum absolute atomic E-state index is 0.104. The van der Waals surface area contributed by atoms with E-state index in [1.54, 1.807) is 11.3 Å². The summed E-state index contributed by atoms with van der Waals surface area (Å²) >= 11 is 3.09. The number of likely N-dealkylation sites (N-methyl/N-ethyl adjacent to an activating group) is 1. The van der Waals surface area contributed by atoms with E-state index < -0.39 is 0 Å². The summed E-state index contributed by atoms with van der Waals surface area (Å²) in [6.07, 6.45) is 0. The number of benzene rings is 1. The predicted octanol–water partition coefficient (Wildman–Crippen LogP) is 4.25. The molecule has 7 heteroatoms. The van der Waals surface area contributed by atoms with E-state index in [0.29, 0.717) is 13.1 Å². The summed E-state index contributed by atoms with van der Waals surface area (Å²) in [5.41, 5.74) is 0.982. The highest BCUT2D eigenvalue weighted by atomic mass is 32.2. The molecule has 0 aliphatic carbocycles. The van der Waals surface area contributed by atoms with Crippen molar-refractivity contribution >= 4 is 29.0 Å². The van der Waals surface area contributed by atoms with Gasteiger partial charge in [0.1, 0.15) is 5.25 Å². The van der Waals surface area contributed by atoms with Crippen LogP contribution in [0.1, 0.15) is 24.7 Å². The van der Waals surface area contributed by atoms with Crippen LogP contribution in [-0.2, 0) is 11.8 Å². The molecule has 0 N–H and O–H groups in total. The second-order valence-electron chi connectivity index (χ2n) is 5.76. The van der Waals surface area contributed by atoms with Crippen molar-refractivity contribution in [1.82, 2.24) is 19.7 Å². The highest BCUT2D eigenvalue weighted by molar-refractivity contribution is 8.00. The van der Waals surface area contributed by atoms with E-state index >= 15 is 0 Å². The van der Waals surface area contributed by atoms with E-state index in [4.69, 9.17) is 0 Å². The summed E-state index contributed by atoms with van der Waals surface area (Å²) in [6.45, 7) is 5.40. The molecule has 26 heavy (non-hydrogen) atoms. The van der Waals surface area contributed by atoms with E-state index in [1.165, 1.54) is 11.8 Å². The highest BCUT2D eigenvalue weighted by Gasteiger charge is 2.28. The van der Waals surface area contributed by atoms with Crippen molar-refractivity contribution in [3.05, 3.63) is 53.4 Å². The van der Waals surface area contributed by atoms with Crippen LogP contribution in [0.4, 0.5) is 0 Å². The molecule has 5 nitrogen and oxygen atoms in total. The number of carbonyl (C=O) groups excluding carboxylic acids is 1. The molecule has 0 radical (unpaired) electrons. The molecule has 136 valence electrons. The number of hydrogen-bond acceptors (Lipinski definition) is 5. The number of thioether (sulfide) groups is 1. The van der Waals surface area contributed by atoms with Gasteiger partial charge >= 0.3 is 0 Å². The fourth-order valence-electron chi connectivity index (χ4n) is 2.73. The van der Waals surface area contributed by atoms with Gasteiger partial charge in [-0.1, -0.05) is 48.2 Å². The summed E-state index contributed by atoms with van der Waals surface area (Å²) in [5, 5.41) is 11.1. The van der Waals surface area contributed by atoms with Gasteiger partial charge in [-0.2, -0.15) is 0 Å². The molecule has 1 atom stereocenters. The zero-order chi connectivity index (χ0) is 18.5. The number of thiophene rings is 1. The number of aromatic nitrogens is 3. The maximum atomic E-state index is 13.1. The summed E-state index contributed by atoms with van der Waals surface area (Å²) in [5.74, 6) is 0.927. The third-order valence-electron chi connectivity index (χ3n) is 4.20. The summed E-state index contributed by atoms with van der Waals surface area (Å²) in [6, 6.07) is 13.9. The third-order valence-corrected chi connectivity index (χ3v) is 6.34. The molecule has 2 aromatic heterocycles. The molecule has 0 bridgehead atoms. The van der Waals surface area contributed by atoms with E-state index in [0.717, 1.165) is 21.4 Å². The predicted molar refractivity (Wildman–Crippen MR) is 107 cm³/mol. The Kier molecular flexibility index (Phi) is 6.11. The zero-order valence-corrected chi connectivity index (χ0v) is 16.8. The summed E-state index contributed by atoms with van der Waals surface area (Å²) < 4.78 is 1.96. The number of carbonyl (C=O) groups is 1. The Bertz CT molecular complexity index is 842. The number of rotatable bonds is 7. The molecular formula is C19H22N4OS2. The number of nitrogens with zero attached hydrogens (tertiary/aromatic N) is 4. The fraction of sp³-hybridized carbons (Fsp3) is 0.316. The standard InChI is InChI=1S/C19H22N4OS2/c1-4-23(5-2)18(24)16(14-10-7-6-8-11-14)26-19-21-20-17(22(19)3)15-12-9-13-25-15/h6-13,16H,4-5H2,1-3H3. The molecule has 0 saturated carbocycles. The van der Waals surface area contributed by atoms with Crippen LogP contribution in [-0.4, -0.2) is 38.7 Å². The molecule has 3 aromatic rings. The Morgan fingerprint density at radius 1 is 1.15 bits per heavy atom. The minimum atomic E-state index is -0.338. The maximum absolute atomic E-state index is 13.1. The average molecular weight is 387 g/mol. The average Bonchev–Trinajstić information content (AvgIpc) is 3.31. The lowest BCUT2D eigenvalue weighted by Gasteiger charge is -2.24. The Morgan fingerprint density at radius 2 is 1.88 bits per heavy atom. The van der Waals surface area contributed by atoms with Crippen molar-refractivity contribution in [2.45, 2.75) is 24.3 Å². The van der Waals surface area contributed by atoms with Crippen LogP contribution >= 0.6 is 23.1 Å². The molecular weight excluding hydrogens is 364 g/mol. The van der Waals surface area contributed by atoms with Gasteiger partial charge in [0.25, 0.3) is 0 Å². The van der Waals surface area contributed by atoms with Crippen LogP contribution < -0.4 is 0 Å². The first-order valence-corrected chi connectivity index (χ1v) is 10.3. The van der Waals surface area contributed by atoms with Crippen LogP contribution in [0, 0.1) is 0 Å². The fourth-order valence-corrected chi connectivity index (χ4v) is 4.56. The SMILES string of the molecule is CCN(CC)C(=O)C(Sc1nnc(-c2cccs2)n1C)c1ccccc1. The highest BCUT2D eigenvalue weighted by Crippen LogP contribution is 2.37. The molecule has 0 aliphatic heterocycles. The van der Waals surface area contributed by atoms with Crippen molar-refractivity contribution in [2.75, 3.05) is 13.1 Å². The Morgan fingerprint density at radius 3 is 2.50 bits per heavy atom. The first-order valence-electron chi connectivity index (χ1n) is 8.59. The molecule has 1 aromatic carbocycles. The van der Waals surface area contributed by atoms with Gasteiger partial charge in [0.2, 0.25) is 5.91 Å². The van der Waals surface area contributed by atoms with Gasteiger partial charge in [-0.15, -0.1) is 21.5 Å². The number of amides is 1. The zero-order valence-electron chi connectivity index (χ0n) is 15.1. The minimum Gasteiger partial charge on any atom is -0.342 e. The third kappa shape index (κ3) is 3.83. The molecule has 2 heterocycles. The van der Waals surface area contributed by atoms with E-state index in [2.05, 4.69) is 10.2 Å². The smallest absolute Gasteiger partial charge is 0.240 e. The van der Waals surface area contributed by atoms with Gasteiger partial charge in [-0.25, -0.2) is 0 Å². The van der Waals surface area contributed by atoms with Gasteiger partial charge in [0, 0.05) is 20.1 Å². The number of hydrogen-bond donors (Lipinski definition) is 0. The Labute approximate surface area is 162 Å². The van der Waals surface area contributed by atoms with Crippen LogP contribution in [0.3, 0.4) is 0 Å². The van der Waals surface area contributed by atoms with Crippen LogP contribution in [0.2, 0.25) is 0 Å². The lowest BCUT2D eigenvalue weighted by atomic mass is 10.1. The lowest BCUT2D eigenvalue weighted by Crippen LogP contribution is -2.34. The lowest BCUT2D eigenvalue weighted by molar-refractivity contribution is -0.130. The van der Waals surface area contributed by atoms with Gasteiger partial charge < -0.3 is 9.47 Å². The molecule has 0 saturated heterocycles. The van der Waals surface area contributed by atoms with Gasteiger partial charge in [-0.05, 0) is 30.9 Å². The monoisotopic (exact) mass is 386 g/mol. The molecule has 1 unspecified atom stereocenters. The van der Waals surface area contributed by atoms with Crippen molar-refractivity contribution in [3.63, 3.8) is 0 Å². The maximum Gasteiger partial charge on any atom is 0.240 e. The van der Waals surface area contributed by atoms with E-state index in [-0.39, 0.29) is 11.2 Å². The van der Waals surface area contributed by atoms with Crippen molar-refractivity contribution in [1.29, 1.82) is 0 Å². The summed E-state index contributed by atoms with van der Waals surface area (Å²) in [4.78, 5) is 16.0. The first kappa shape index (κ1) is 18.7. The first-order chi connectivity index (χ1) is 12.7. The molecule has 3 rings (SSSR count). The van der Waals surface area contributed by atoms with Crippen molar-refractivity contribution < 1.29 is 4.79 Å². The van der Waals surface area contributed by atoms with Gasteiger partial charge in [0.05, 0.1) is 4.88 Å². The topological polar surface area (TPSA) is 51.0 Å². The van der Waals surface area contributed by atoms with E-state index in [1.807, 2.05) is 78.2 Å². The van der Waals surface area contributed by atoms with Gasteiger partial charge in [0.15, 0.2) is 11.0 Å². The summed E-state index contributed by atoms with van der Waals surface area (Å²) in [7, 11) is 1.95. The van der Waals surface area contributed by atoms with Crippen molar-refractivity contribution in [3.8, 4) is 10.7 Å². The van der Waals surface area contributed by atoms with Crippen LogP contribution in [0.25, 0.3) is 10.7 Å². The van der Waals surface area contributed by atoms with E-state index in [9.17, 15) is 4.79 Å². The molecule has 1 amide bonds.